The summed E-state index contributed by atoms with van der Waals surface area (Å²) in [5.41, 5.74) is 0.753. The number of piperazine rings is 1. The summed E-state index contributed by atoms with van der Waals surface area (Å²) < 4.78 is 0. The molecule has 0 radical (unpaired) electrons. The Kier molecular flexibility index (Phi) is 4.39. The number of hydrogen-bond donors (Lipinski definition) is 1. The molecule has 24 heavy (non-hydrogen) atoms. The van der Waals surface area contributed by atoms with Crippen LogP contribution in [0.2, 0.25) is 0 Å². The third kappa shape index (κ3) is 3.05. The molecule has 3 rings (SSSR count). The van der Waals surface area contributed by atoms with Crippen molar-refractivity contribution in [2.24, 2.45) is 0 Å². The van der Waals surface area contributed by atoms with Crippen LogP contribution in [0, 0.1) is 17.0 Å². The summed E-state index contributed by atoms with van der Waals surface area (Å²) in [5.74, 6) is 0.0508. The lowest BCUT2D eigenvalue weighted by Gasteiger charge is -2.36. The maximum Gasteiger partial charge on any atom is 0.283 e. The third-order valence-corrected chi connectivity index (χ3v) is 5.12. The summed E-state index contributed by atoms with van der Waals surface area (Å²) in [6, 6.07) is 8.47. The topological polar surface area (TPSA) is 86.9 Å². The monoisotopic (exact) mass is 347 g/mol. The summed E-state index contributed by atoms with van der Waals surface area (Å²) >= 11 is 1.16. The third-order valence-electron chi connectivity index (χ3n) is 4.09. The van der Waals surface area contributed by atoms with Crippen molar-refractivity contribution in [3.8, 4) is 5.75 Å². The summed E-state index contributed by atoms with van der Waals surface area (Å²) in [6.45, 7) is 3.89. The van der Waals surface area contributed by atoms with E-state index in [0.29, 0.717) is 35.9 Å². The van der Waals surface area contributed by atoms with Gasteiger partial charge in [-0.25, -0.2) is 0 Å². The SMILES string of the molecule is Cc1sc(C(=O)N2CCN(c3ccccc3O)CC2)cc1[N+](=O)[O-]. The second-order valence-electron chi connectivity index (χ2n) is 5.58. The first-order valence-corrected chi connectivity index (χ1v) is 8.36. The van der Waals surface area contributed by atoms with Crippen molar-refractivity contribution in [3.63, 3.8) is 0 Å². The van der Waals surface area contributed by atoms with Crippen LogP contribution in [0.15, 0.2) is 30.3 Å². The van der Waals surface area contributed by atoms with Gasteiger partial charge in [0.1, 0.15) is 5.75 Å². The van der Waals surface area contributed by atoms with Crippen molar-refractivity contribution in [1.29, 1.82) is 0 Å². The number of nitro groups is 1. The molecule has 0 unspecified atom stereocenters. The average molecular weight is 347 g/mol. The number of phenolic OH excluding ortho intramolecular Hbond substituents is 1. The highest BCUT2D eigenvalue weighted by Crippen LogP contribution is 2.30. The Morgan fingerprint density at radius 3 is 2.50 bits per heavy atom. The number of benzene rings is 1. The molecule has 1 aromatic carbocycles. The van der Waals surface area contributed by atoms with E-state index in [1.807, 2.05) is 17.0 Å². The maximum absolute atomic E-state index is 12.5. The van der Waals surface area contributed by atoms with E-state index in [0.717, 1.165) is 17.0 Å². The zero-order chi connectivity index (χ0) is 17.3. The summed E-state index contributed by atoms with van der Waals surface area (Å²) in [7, 11) is 0. The zero-order valence-corrected chi connectivity index (χ0v) is 14.0. The summed E-state index contributed by atoms with van der Waals surface area (Å²) in [4.78, 5) is 27.7. The van der Waals surface area contributed by atoms with Crippen LogP contribution in [-0.2, 0) is 0 Å². The quantitative estimate of drug-likeness (QED) is 0.681. The van der Waals surface area contributed by atoms with Gasteiger partial charge >= 0.3 is 0 Å². The van der Waals surface area contributed by atoms with Gasteiger partial charge in [0.2, 0.25) is 0 Å². The number of anilines is 1. The molecule has 0 bridgehead atoms. The Bertz CT molecular complexity index is 781. The van der Waals surface area contributed by atoms with E-state index < -0.39 is 4.92 Å². The lowest BCUT2D eigenvalue weighted by Crippen LogP contribution is -2.48. The molecule has 7 nitrogen and oxygen atoms in total. The molecular formula is C16H17N3O4S. The maximum atomic E-state index is 12.5. The normalized spacial score (nSPS) is 14.7. The fourth-order valence-corrected chi connectivity index (χ4v) is 3.75. The minimum Gasteiger partial charge on any atom is -0.506 e. The van der Waals surface area contributed by atoms with Crippen molar-refractivity contribution < 1.29 is 14.8 Å². The van der Waals surface area contributed by atoms with Gasteiger partial charge in [0, 0.05) is 32.2 Å². The number of rotatable bonds is 3. The molecule has 1 fully saturated rings. The van der Waals surface area contributed by atoms with E-state index in [9.17, 15) is 20.0 Å². The molecule has 1 aliphatic heterocycles. The smallest absolute Gasteiger partial charge is 0.283 e. The molecule has 1 aromatic heterocycles. The minimum absolute atomic E-state index is 0.00352. The first-order chi connectivity index (χ1) is 11.5. The highest BCUT2D eigenvalue weighted by Gasteiger charge is 2.27. The van der Waals surface area contributed by atoms with Gasteiger partial charge in [0.25, 0.3) is 11.6 Å². The number of aromatic hydroxyl groups is 1. The molecule has 1 aliphatic rings. The van der Waals surface area contributed by atoms with Gasteiger partial charge < -0.3 is 14.9 Å². The van der Waals surface area contributed by atoms with E-state index >= 15 is 0 Å². The summed E-state index contributed by atoms with van der Waals surface area (Å²) in [5, 5.41) is 20.8. The fourth-order valence-electron chi connectivity index (χ4n) is 2.80. The molecule has 2 aromatic rings. The number of nitrogens with zero attached hydrogens (tertiary/aromatic N) is 3. The van der Waals surface area contributed by atoms with Gasteiger partial charge in [-0.2, -0.15) is 0 Å². The largest absolute Gasteiger partial charge is 0.506 e. The number of aryl methyl sites for hydroxylation is 1. The highest BCUT2D eigenvalue weighted by atomic mass is 32.1. The van der Waals surface area contributed by atoms with Crippen molar-refractivity contribution in [1.82, 2.24) is 4.90 Å². The molecule has 1 amide bonds. The van der Waals surface area contributed by atoms with Crippen molar-refractivity contribution in [2.45, 2.75) is 6.92 Å². The minimum atomic E-state index is -0.460. The summed E-state index contributed by atoms with van der Waals surface area (Å²) in [6.07, 6.45) is 0. The number of carbonyl (C=O) groups excluding carboxylic acids is 1. The Hall–Kier alpha value is -2.61. The molecule has 1 N–H and O–H groups in total. The van der Waals surface area contributed by atoms with Crippen LogP contribution in [0.3, 0.4) is 0 Å². The molecule has 1 saturated heterocycles. The van der Waals surface area contributed by atoms with Crippen LogP contribution >= 0.6 is 11.3 Å². The standard InChI is InChI=1S/C16H17N3O4S/c1-11-13(19(22)23)10-15(24-11)16(21)18-8-6-17(7-9-18)12-4-2-3-5-14(12)20/h2-5,10,20H,6-9H2,1H3. The van der Waals surface area contributed by atoms with Gasteiger partial charge in [-0.1, -0.05) is 12.1 Å². The molecule has 8 heteroatoms. The number of para-hydroxylation sites is 2. The highest BCUT2D eigenvalue weighted by molar-refractivity contribution is 7.14. The molecule has 0 spiro atoms. The fraction of sp³-hybridized carbons (Fsp3) is 0.312. The van der Waals surface area contributed by atoms with Crippen LogP contribution in [0.1, 0.15) is 14.5 Å². The van der Waals surface area contributed by atoms with Gasteiger partial charge in [-0.05, 0) is 19.1 Å². The zero-order valence-electron chi connectivity index (χ0n) is 13.1. The van der Waals surface area contributed by atoms with E-state index in [4.69, 9.17) is 0 Å². The predicted molar refractivity (Wildman–Crippen MR) is 91.9 cm³/mol. The molecule has 0 atom stereocenters. The molecule has 0 saturated carbocycles. The Morgan fingerprint density at radius 2 is 1.92 bits per heavy atom. The van der Waals surface area contributed by atoms with Gasteiger partial charge in [-0.15, -0.1) is 11.3 Å². The van der Waals surface area contributed by atoms with Crippen molar-refractivity contribution >= 4 is 28.6 Å². The number of amides is 1. The van der Waals surface area contributed by atoms with Gasteiger partial charge in [-0.3, -0.25) is 14.9 Å². The second-order valence-corrected chi connectivity index (χ2v) is 6.83. The van der Waals surface area contributed by atoms with E-state index in [-0.39, 0.29) is 17.3 Å². The molecule has 2 heterocycles. The lowest BCUT2D eigenvalue weighted by molar-refractivity contribution is -0.385. The van der Waals surface area contributed by atoms with Crippen molar-refractivity contribution in [2.75, 3.05) is 31.1 Å². The van der Waals surface area contributed by atoms with Gasteiger partial charge in [0.05, 0.1) is 20.4 Å². The molecule has 0 aliphatic carbocycles. The Morgan fingerprint density at radius 1 is 1.25 bits per heavy atom. The van der Waals surface area contributed by atoms with E-state index in [2.05, 4.69) is 0 Å². The lowest BCUT2D eigenvalue weighted by atomic mass is 10.2. The van der Waals surface area contributed by atoms with Crippen molar-refractivity contribution in [3.05, 3.63) is 50.2 Å². The Balaban J connectivity index is 1.68. The van der Waals surface area contributed by atoms with Crippen LogP contribution in [-0.4, -0.2) is 47.0 Å². The van der Waals surface area contributed by atoms with E-state index in [1.54, 1.807) is 24.0 Å². The van der Waals surface area contributed by atoms with Crippen LogP contribution in [0.4, 0.5) is 11.4 Å². The van der Waals surface area contributed by atoms with E-state index in [1.165, 1.54) is 6.07 Å². The van der Waals surface area contributed by atoms with Crippen LogP contribution in [0.5, 0.6) is 5.75 Å². The first kappa shape index (κ1) is 16.3. The number of carbonyl (C=O) groups is 1. The van der Waals surface area contributed by atoms with Crippen LogP contribution < -0.4 is 4.90 Å². The number of phenols is 1. The van der Waals surface area contributed by atoms with Crippen LogP contribution in [0.25, 0.3) is 0 Å². The number of thiophene rings is 1. The number of hydrogen-bond acceptors (Lipinski definition) is 6. The first-order valence-electron chi connectivity index (χ1n) is 7.54. The second kappa shape index (κ2) is 6.48. The predicted octanol–water partition coefficient (Wildman–Crippen LogP) is 2.63. The molecular weight excluding hydrogens is 330 g/mol. The molecule has 126 valence electrons. The van der Waals surface area contributed by atoms with Gasteiger partial charge in [0.15, 0.2) is 0 Å². The Labute approximate surface area is 142 Å². The average Bonchev–Trinajstić information content (AvgIpc) is 2.97.